The number of carbonyl (C=O) groups is 2. The van der Waals surface area contributed by atoms with Crippen LogP contribution in [-0.4, -0.2) is 11.8 Å². The number of rotatable bonds is 6. The molecule has 1 fully saturated rings. The zero-order valence-electron chi connectivity index (χ0n) is 13.7. The van der Waals surface area contributed by atoms with E-state index in [0.717, 1.165) is 18.4 Å². The number of hydrogen-bond acceptors (Lipinski definition) is 2. The molecule has 1 aliphatic carbocycles. The molecule has 0 radical (unpaired) electrons. The van der Waals surface area contributed by atoms with E-state index < -0.39 is 0 Å². The summed E-state index contributed by atoms with van der Waals surface area (Å²) < 4.78 is 13.1. The Bertz CT molecular complexity index is 780. The minimum Gasteiger partial charge on any atom is -0.345 e. The molecule has 128 valence electrons. The van der Waals surface area contributed by atoms with E-state index in [1.165, 1.54) is 18.2 Å². The molecule has 2 aromatic rings. The van der Waals surface area contributed by atoms with Crippen LogP contribution in [-0.2, 0) is 4.79 Å². The van der Waals surface area contributed by atoms with E-state index >= 15 is 0 Å². The third-order valence-electron chi connectivity index (χ3n) is 4.21. The standard InChI is InChI=1S/C20H19FN2O2/c1-2-18(24)22-17-11-7-15(8-12-17)20(25)23-19(13-3-4-13)14-5-9-16(21)10-6-14/h2,5-13,19H,1,3-4H2,(H,22,24)(H,23,25). The van der Waals surface area contributed by atoms with Gasteiger partial charge in [-0.05, 0) is 66.8 Å². The summed E-state index contributed by atoms with van der Waals surface area (Å²) in [5, 5.41) is 5.67. The number of halogens is 1. The fraction of sp³-hybridized carbons (Fsp3) is 0.200. The fourth-order valence-corrected chi connectivity index (χ4v) is 2.70. The van der Waals surface area contributed by atoms with Crippen LogP contribution in [0.3, 0.4) is 0 Å². The molecule has 5 heteroatoms. The number of amides is 2. The van der Waals surface area contributed by atoms with E-state index in [1.54, 1.807) is 36.4 Å². The summed E-state index contributed by atoms with van der Waals surface area (Å²) in [4.78, 5) is 23.8. The monoisotopic (exact) mass is 338 g/mol. The highest BCUT2D eigenvalue weighted by atomic mass is 19.1. The number of anilines is 1. The van der Waals surface area contributed by atoms with Crippen molar-refractivity contribution in [1.29, 1.82) is 0 Å². The van der Waals surface area contributed by atoms with Gasteiger partial charge in [0, 0.05) is 11.3 Å². The average Bonchev–Trinajstić information content (AvgIpc) is 3.46. The van der Waals surface area contributed by atoms with Crippen molar-refractivity contribution in [1.82, 2.24) is 5.32 Å². The Kier molecular flexibility index (Phi) is 4.93. The number of nitrogens with one attached hydrogen (secondary N) is 2. The third-order valence-corrected chi connectivity index (χ3v) is 4.21. The van der Waals surface area contributed by atoms with Crippen LogP contribution in [0.1, 0.15) is 34.8 Å². The molecular formula is C20H19FN2O2. The second-order valence-corrected chi connectivity index (χ2v) is 6.11. The van der Waals surface area contributed by atoms with Crippen molar-refractivity contribution >= 4 is 17.5 Å². The van der Waals surface area contributed by atoms with Crippen LogP contribution in [0.5, 0.6) is 0 Å². The topological polar surface area (TPSA) is 58.2 Å². The van der Waals surface area contributed by atoms with Gasteiger partial charge in [-0.3, -0.25) is 9.59 Å². The van der Waals surface area contributed by atoms with Crippen LogP contribution in [0.2, 0.25) is 0 Å². The molecule has 0 spiro atoms. The Balaban J connectivity index is 1.70. The van der Waals surface area contributed by atoms with Crippen LogP contribution in [0.15, 0.2) is 61.2 Å². The predicted octanol–water partition coefficient (Wildman–Crippen LogP) is 3.83. The van der Waals surface area contributed by atoms with Gasteiger partial charge in [-0.15, -0.1) is 0 Å². The Morgan fingerprint density at radius 3 is 2.28 bits per heavy atom. The first kappa shape index (κ1) is 16.9. The zero-order valence-corrected chi connectivity index (χ0v) is 13.7. The summed E-state index contributed by atoms with van der Waals surface area (Å²) in [6.45, 7) is 3.39. The normalized spacial score (nSPS) is 14.4. The Hall–Kier alpha value is -2.95. The van der Waals surface area contributed by atoms with E-state index in [1.807, 2.05) is 0 Å². The van der Waals surface area contributed by atoms with Gasteiger partial charge >= 0.3 is 0 Å². The molecule has 3 rings (SSSR count). The predicted molar refractivity (Wildman–Crippen MR) is 94.6 cm³/mol. The highest BCUT2D eigenvalue weighted by molar-refractivity contribution is 5.99. The number of carbonyl (C=O) groups excluding carboxylic acids is 2. The summed E-state index contributed by atoms with van der Waals surface area (Å²) in [5.74, 6) is -0.396. The largest absolute Gasteiger partial charge is 0.345 e. The Labute approximate surface area is 145 Å². The minimum absolute atomic E-state index is 0.117. The van der Waals surface area contributed by atoms with Crippen molar-refractivity contribution < 1.29 is 14.0 Å². The summed E-state index contributed by atoms with van der Waals surface area (Å²) >= 11 is 0. The molecule has 0 saturated heterocycles. The molecule has 0 bridgehead atoms. The van der Waals surface area contributed by atoms with E-state index in [-0.39, 0.29) is 23.7 Å². The third kappa shape index (κ3) is 4.32. The second-order valence-electron chi connectivity index (χ2n) is 6.11. The van der Waals surface area contributed by atoms with Crippen LogP contribution in [0.4, 0.5) is 10.1 Å². The van der Waals surface area contributed by atoms with Gasteiger partial charge in [0.2, 0.25) is 5.91 Å². The van der Waals surface area contributed by atoms with E-state index in [2.05, 4.69) is 17.2 Å². The molecule has 0 heterocycles. The summed E-state index contributed by atoms with van der Waals surface area (Å²) in [6, 6.07) is 12.8. The maximum absolute atomic E-state index is 13.1. The molecule has 25 heavy (non-hydrogen) atoms. The molecule has 2 aromatic carbocycles. The first-order valence-electron chi connectivity index (χ1n) is 8.16. The molecule has 1 aliphatic rings. The smallest absolute Gasteiger partial charge is 0.251 e. The van der Waals surface area contributed by atoms with Crippen molar-refractivity contribution in [2.24, 2.45) is 5.92 Å². The molecular weight excluding hydrogens is 319 g/mol. The molecule has 0 aliphatic heterocycles. The van der Waals surface area contributed by atoms with Gasteiger partial charge in [-0.25, -0.2) is 4.39 Å². The maximum Gasteiger partial charge on any atom is 0.251 e. The Morgan fingerprint density at radius 2 is 1.72 bits per heavy atom. The van der Waals surface area contributed by atoms with Crippen molar-refractivity contribution in [3.05, 3.63) is 78.1 Å². The maximum atomic E-state index is 13.1. The van der Waals surface area contributed by atoms with Gasteiger partial charge in [0.05, 0.1) is 6.04 Å². The lowest BCUT2D eigenvalue weighted by Crippen LogP contribution is -2.29. The lowest BCUT2D eigenvalue weighted by molar-refractivity contribution is -0.111. The lowest BCUT2D eigenvalue weighted by Gasteiger charge is -2.19. The molecule has 0 aromatic heterocycles. The molecule has 2 amide bonds. The van der Waals surface area contributed by atoms with Crippen molar-refractivity contribution in [2.45, 2.75) is 18.9 Å². The molecule has 1 unspecified atom stereocenters. The van der Waals surface area contributed by atoms with Crippen LogP contribution >= 0.6 is 0 Å². The van der Waals surface area contributed by atoms with Crippen LogP contribution in [0.25, 0.3) is 0 Å². The zero-order chi connectivity index (χ0) is 17.8. The van der Waals surface area contributed by atoms with Gasteiger partial charge in [0.15, 0.2) is 0 Å². The first-order valence-corrected chi connectivity index (χ1v) is 8.16. The number of benzene rings is 2. The van der Waals surface area contributed by atoms with Crippen LogP contribution in [0, 0.1) is 11.7 Å². The van der Waals surface area contributed by atoms with Gasteiger partial charge in [0.1, 0.15) is 5.82 Å². The molecule has 4 nitrogen and oxygen atoms in total. The van der Waals surface area contributed by atoms with Crippen molar-refractivity contribution in [3.63, 3.8) is 0 Å². The van der Waals surface area contributed by atoms with E-state index in [0.29, 0.717) is 17.2 Å². The van der Waals surface area contributed by atoms with Gasteiger partial charge < -0.3 is 10.6 Å². The summed E-state index contributed by atoms with van der Waals surface area (Å²) in [7, 11) is 0. The lowest BCUT2D eigenvalue weighted by atomic mass is 10.0. The number of hydrogen-bond donors (Lipinski definition) is 2. The van der Waals surface area contributed by atoms with Gasteiger partial charge in [0.25, 0.3) is 5.91 Å². The molecule has 1 atom stereocenters. The second kappa shape index (κ2) is 7.30. The van der Waals surface area contributed by atoms with Gasteiger partial charge in [-0.2, -0.15) is 0 Å². The first-order chi connectivity index (χ1) is 12.1. The minimum atomic E-state index is -0.303. The quantitative estimate of drug-likeness (QED) is 0.787. The Morgan fingerprint density at radius 1 is 1.08 bits per heavy atom. The highest BCUT2D eigenvalue weighted by Crippen LogP contribution is 2.41. The summed E-state index contributed by atoms with van der Waals surface area (Å²) in [5.41, 5.74) is 2.01. The van der Waals surface area contributed by atoms with Gasteiger partial charge in [-0.1, -0.05) is 18.7 Å². The average molecular weight is 338 g/mol. The van der Waals surface area contributed by atoms with E-state index in [4.69, 9.17) is 0 Å². The van der Waals surface area contributed by atoms with Crippen molar-refractivity contribution in [3.8, 4) is 0 Å². The van der Waals surface area contributed by atoms with E-state index in [9.17, 15) is 14.0 Å². The molecule has 2 N–H and O–H groups in total. The SMILES string of the molecule is C=CC(=O)Nc1ccc(C(=O)NC(c2ccc(F)cc2)C2CC2)cc1. The van der Waals surface area contributed by atoms with Crippen molar-refractivity contribution in [2.75, 3.05) is 5.32 Å². The van der Waals surface area contributed by atoms with Crippen LogP contribution < -0.4 is 10.6 Å². The highest BCUT2D eigenvalue weighted by Gasteiger charge is 2.33. The molecule has 1 saturated carbocycles. The summed E-state index contributed by atoms with van der Waals surface area (Å²) in [6.07, 6.45) is 3.28. The fourth-order valence-electron chi connectivity index (χ4n) is 2.70.